The Hall–Kier alpha value is -3.04. The predicted molar refractivity (Wildman–Crippen MR) is 93.7 cm³/mol. The third kappa shape index (κ3) is 3.95. The summed E-state index contributed by atoms with van der Waals surface area (Å²) in [6.07, 6.45) is 1.79. The van der Waals surface area contributed by atoms with E-state index < -0.39 is 22.0 Å². The normalized spacial score (nSPS) is 12.7. The zero-order valence-corrected chi connectivity index (χ0v) is 14.4. The topological polar surface area (TPSA) is 128 Å². The summed E-state index contributed by atoms with van der Waals surface area (Å²) in [6.45, 7) is 0. The van der Waals surface area contributed by atoms with Crippen molar-refractivity contribution in [3.8, 4) is 11.3 Å². The van der Waals surface area contributed by atoms with E-state index in [2.05, 4.69) is 10.3 Å². The quantitative estimate of drug-likeness (QED) is 0.674. The second kappa shape index (κ2) is 7.06. The third-order valence-electron chi connectivity index (χ3n) is 3.87. The van der Waals surface area contributed by atoms with Gasteiger partial charge < -0.3 is 5.11 Å². The highest BCUT2D eigenvalue weighted by molar-refractivity contribution is 7.89. The van der Waals surface area contributed by atoms with Crippen LogP contribution in [0.2, 0.25) is 0 Å². The Kier molecular flexibility index (Phi) is 4.83. The second-order valence-electron chi connectivity index (χ2n) is 5.70. The van der Waals surface area contributed by atoms with E-state index in [4.69, 9.17) is 5.14 Å². The van der Waals surface area contributed by atoms with Gasteiger partial charge in [0.25, 0.3) is 0 Å². The number of aromatic nitrogens is 3. The second-order valence-corrected chi connectivity index (χ2v) is 7.26. The number of rotatable bonds is 6. The molecule has 0 aliphatic carbocycles. The number of sulfonamides is 1. The Morgan fingerprint density at radius 1 is 1.12 bits per heavy atom. The summed E-state index contributed by atoms with van der Waals surface area (Å²) in [5, 5.41) is 22.5. The zero-order valence-electron chi connectivity index (χ0n) is 13.6. The highest BCUT2D eigenvalue weighted by atomic mass is 32.2. The maximum Gasteiger partial charge on any atom is 0.328 e. The fourth-order valence-electron chi connectivity index (χ4n) is 2.51. The van der Waals surface area contributed by atoms with Crippen LogP contribution in [0.3, 0.4) is 0 Å². The van der Waals surface area contributed by atoms with Gasteiger partial charge in [0.2, 0.25) is 10.0 Å². The smallest absolute Gasteiger partial charge is 0.328 e. The van der Waals surface area contributed by atoms with Gasteiger partial charge in [-0.3, -0.25) is 0 Å². The van der Waals surface area contributed by atoms with Crippen LogP contribution in [0.15, 0.2) is 65.7 Å². The van der Waals surface area contributed by atoms with E-state index in [0.717, 1.165) is 5.56 Å². The first-order valence-corrected chi connectivity index (χ1v) is 9.21. The number of nitrogens with two attached hydrogens (primary N) is 1. The third-order valence-corrected chi connectivity index (χ3v) is 4.79. The van der Waals surface area contributed by atoms with Gasteiger partial charge in [-0.05, 0) is 17.7 Å². The van der Waals surface area contributed by atoms with Gasteiger partial charge in [0.1, 0.15) is 5.69 Å². The lowest BCUT2D eigenvalue weighted by atomic mass is 10.1. The van der Waals surface area contributed by atoms with Crippen molar-refractivity contribution in [3.63, 3.8) is 0 Å². The molecule has 0 unspecified atom stereocenters. The Balaban J connectivity index is 1.86. The number of carbonyl (C=O) groups is 1. The Morgan fingerprint density at radius 3 is 2.35 bits per heavy atom. The Morgan fingerprint density at radius 2 is 1.77 bits per heavy atom. The standard InChI is InChI=1S/C17H16N4O4S/c18-26(24,25)14-8-6-13(7-9-14)15-11-21(20-19-15)16(17(22)23)10-12-4-2-1-3-5-12/h1-9,11,16H,10H2,(H,22,23)(H2,18,24,25)/t16-/m0/s1. The summed E-state index contributed by atoms with van der Waals surface area (Å²) in [6, 6.07) is 14.1. The van der Waals surface area contributed by atoms with Gasteiger partial charge in [0.05, 0.1) is 11.1 Å². The van der Waals surface area contributed by atoms with Crippen LogP contribution >= 0.6 is 0 Å². The van der Waals surface area contributed by atoms with E-state index in [1.165, 1.54) is 23.0 Å². The van der Waals surface area contributed by atoms with E-state index in [1.807, 2.05) is 30.3 Å². The highest BCUT2D eigenvalue weighted by Crippen LogP contribution is 2.21. The number of aliphatic carboxylic acids is 1. The number of primary sulfonamides is 1. The number of carboxylic acids is 1. The summed E-state index contributed by atoms with van der Waals surface area (Å²) in [4.78, 5) is 11.6. The van der Waals surface area contributed by atoms with E-state index >= 15 is 0 Å². The number of hydrogen-bond acceptors (Lipinski definition) is 5. The molecule has 1 atom stereocenters. The SMILES string of the molecule is NS(=O)(=O)c1ccc(-c2cn([C@@H](Cc3ccccc3)C(=O)O)nn2)cc1. The first-order chi connectivity index (χ1) is 12.3. The van der Waals surface area contributed by atoms with Crippen molar-refractivity contribution in [2.75, 3.05) is 0 Å². The van der Waals surface area contributed by atoms with E-state index in [0.29, 0.717) is 11.3 Å². The van der Waals surface area contributed by atoms with E-state index in [1.54, 1.807) is 12.1 Å². The minimum absolute atomic E-state index is 0.0128. The molecule has 3 N–H and O–H groups in total. The molecule has 9 heteroatoms. The van der Waals surface area contributed by atoms with Crippen LogP contribution in [0.4, 0.5) is 0 Å². The van der Waals surface area contributed by atoms with Crippen LogP contribution in [0.25, 0.3) is 11.3 Å². The molecular formula is C17H16N4O4S. The summed E-state index contributed by atoms with van der Waals surface area (Å²) >= 11 is 0. The maximum atomic E-state index is 11.6. The van der Waals surface area contributed by atoms with Crippen molar-refractivity contribution < 1.29 is 18.3 Å². The van der Waals surface area contributed by atoms with Crippen LogP contribution in [0.1, 0.15) is 11.6 Å². The van der Waals surface area contributed by atoms with Gasteiger partial charge in [0, 0.05) is 12.0 Å². The zero-order chi connectivity index (χ0) is 18.7. The average Bonchev–Trinajstić information content (AvgIpc) is 3.09. The van der Waals surface area contributed by atoms with Crippen LogP contribution < -0.4 is 5.14 Å². The van der Waals surface area contributed by atoms with Gasteiger partial charge in [-0.1, -0.05) is 47.7 Å². The molecule has 2 aromatic carbocycles. The van der Waals surface area contributed by atoms with E-state index in [9.17, 15) is 18.3 Å². The Labute approximate surface area is 149 Å². The first-order valence-electron chi connectivity index (χ1n) is 7.66. The Bertz CT molecular complexity index is 1010. The predicted octanol–water partition coefficient (Wildman–Crippen LogP) is 1.46. The lowest BCUT2D eigenvalue weighted by Gasteiger charge is -2.12. The molecule has 0 aliphatic heterocycles. The molecule has 1 aromatic heterocycles. The molecule has 1 heterocycles. The summed E-state index contributed by atoms with van der Waals surface area (Å²) in [5.41, 5.74) is 1.91. The molecule has 3 aromatic rings. The minimum atomic E-state index is -3.77. The van der Waals surface area contributed by atoms with Crippen molar-refractivity contribution in [2.24, 2.45) is 5.14 Å². The molecule has 0 bridgehead atoms. The molecular weight excluding hydrogens is 356 g/mol. The largest absolute Gasteiger partial charge is 0.480 e. The lowest BCUT2D eigenvalue weighted by molar-refractivity contribution is -0.141. The number of hydrogen-bond donors (Lipinski definition) is 2. The summed E-state index contributed by atoms with van der Waals surface area (Å²) in [7, 11) is -3.77. The molecule has 0 fully saturated rings. The van der Waals surface area contributed by atoms with Crippen molar-refractivity contribution in [2.45, 2.75) is 17.4 Å². The van der Waals surface area contributed by atoms with Crippen LogP contribution in [0.5, 0.6) is 0 Å². The van der Waals surface area contributed by atoms with Crippen LogP contribution in [0, 0.1) is 0 Å². The monoisotopic (exact) mass is 372 g/mol. The first kappa shape index (κ1) is 17.8. The van der Waals surface area contributed by atoms with Gasteiger partial charge >= 0.3 is 5.97 Å². The van der Waals surface area contributed by atoms with E-state index in [-0.39, 0.29) is 11.3 Å². The molecule has 0 saturated carbocycles. The van der Waals surface area contributed by atoms with Crippen LogP contribution in [-0.2, 0) is 21.2 Å². The van der Waals surface area contributed by atoms with Crippen molar-refractivity contribution >= 4 is 16.0 Å². The molecule has 0 radical (unpaired) electrons. The summed E-state index contributed by atoms with van der Waals surface area (Å²) in [5.74, 6) is -1.02. The molecule has 26 heavy (non-hydrogen) atoms. The fourth-order valence-corrected chi connectivity index (χ4v) is 3.02. The molecule has 0 aliphatic rings. The highest BCUT2D eigenvalue weighted by Gasteiger charge is 2.22. The molecule has 3 rings (SSSR count). The van der Waals surface area contributed by atoms with Gasteiger partial charge in [0.15, 0.2) is 6.04 Å². The van der Waals surface area contributed by atoms with Gasteiger partial charge in [-0.15, -0.1) is 5.10 Å². The summed E-state index contributed by atoms with van der Waals surface area (Å²) < 4.78 is 23.9. The molecule has 8 nitrogen and oxygen atoms in total. The van der Waals surface area contributed by atoms with Gasteiger partial charge in [-0.2, -0.15) is 0 Å². The maximum absolute atomic E-state index is 11.6. The minimum Gasteiger partial charge on any atom is -0.480 e. The number of benzene rings is 2. The lowest BCUT2D eigenvalue weighted by Crippen LogP contribution is -2.22. The average molecular weight is 372 g/mol. The van der Waals surface area contributed by atoms with Crippen molar-refractivity contribution in [1.82, 2.24) is 15.0 Å². The van der Waals surface area contributed by atoms with Gasteiger partial charge in [-0.25, -0.2) is 23.0 Å². The molecule has 0 saturated heterocycles. The number of nitrogens with zero attached hydrogens (tertiary/aromatic N) is 3. The molecule has 0 spiro atoms. The number of carboxylic acid groups (broad SMARTS) is 1. The molecule has 0 amide bonds. The molecule has 134 valence electrons. The van der Waals surface area contributed by atoms with Crippen LogP contribution in [-0.4, -0.2) is 34.5 Å². The van der Waals surface area contributed by atoms with Crippen molar-refractivity contribution in [3.05, 3.63) is 66.4 Å². The fraction of sp³-hybridized carbons (Fsp3) is 0.118. The van der Waals surface area contributed by atoms with Crippen molar-refractivity contribution in [1.29, 1.82) is 0 Å².